The number of hydrogen-bond acceptors (Lipinski definition) is 3. The van der Waals surface area contributed by atoms with E-state index in [4.69, 9.17) is 0 Å². The normalized spacial score (nSPS) is 11.3. The molecule has 0 radical (unpaired) electrons. The zero-order valence-corrected chi connectivity index (χ0v) is 14.7. The smallest absolute Gasteiger partial charge is 0.262 e. The number of benzene rings is 2. The number of aryl methyl sites for hydroxylation is 2. The molecule has 0 spiro atoms. The summed E-state index contributed by atoms with van der Waals surface area (Å²) in [7, 11) is -3.57. The quantitative estimate of drug-likeness (QED) is 0.743. The highest BCUT2D eigenvalue weighted by Crippen LogP contribution is 2.21. The van der Waals surface area contributed by atoms with Gasteiger partial charge in [0.15, 0.2) is 0 Å². The van der Waals surface area contributed by atoms with Gasteiger partial charge in [-0.05, 0) is 61.7 Å². The van der Waals surface area contributed by atoms with Crippen LogP contribution in [0.1, 0.15) is 30.9 Å². The molecule has 0 fully saturated rings. The number of unbranched alkanes of at least 4 members (excludes halogenated alkanes) is 1. The first-order valence-corrected chi connectivity index (χ1v) is 9.34. The Morgan fingerprint density at radius 2 is 1.61 bits per heavy atom. The van der Waals surface area contributed by atoms with Crippen molar-refractivity contribution >= 4 is 21.4 Å². The predicted octanol–water partition coefficient (Wildman–Crippen LogP) is 4.32. The van der Waals surface area contributed by atoms with Gasteiger partial charge in [0, 0.05) is 17.9 Å². The molecule has 0 aliphatic rings. The van der Waals surface area contributed by atoms with Crippen LogP contribution >= 0.6 is 0 Å². The fourth-order valence-electron chi connectivity index (χ4n) is 2.27. The summed E-state index contributed by atoms with van der Waals surface area (Å²) in [6.07, 6.45) is 2.25. The zero-order chi connectivity index (χ0) is 16.9. The van der Waals surface area contributed by atoms with Crippen LogP contribution in [0.4, 0.5) is 11.4 Å². The first kappa shape index (κ1) is 17.3. The highest BCUT2D eigenvalue weighted by Gasteiger charge is 2.17. The molecule has 0 saturated carbocycles. The van der Waals surface area contributed by atoms with Crippen LogP contribution in [0, 0.1) is 13.8 Å². The van der Waals surface area contributed by atoms with Gasteiger partial charge in [0.05, 0.1) is 4.90 Å². The van der Waals surface area contributed by atoms with Crippen LogP contribution in [0.2, 0.25) is 0 Å². The minimum absolute atomic E-state index is 0.322. The van der Waals surface area contributed by atoms with Crippen molar-refractivity contribution in [3.8, 4) is 0 Å². The molecule has 2 aromatic carbocycles. The van der Waals surface area contributed by atoms with Gasteiger partial charge in [-0.1, -0.05) is 25.5 Å². The average molecular weight is 332 g/mol. The number of nitrogens with one attached hydrogen (secondary N) is 2. The molecule has 0 unspecified atom stereocenters. The Morgan fingerprint density at radius 1 is 0.957 bits per heavy atom. The third kappa shape index (κ3) is 4.73. The zero-order valence-electron chi connectivity index (χ0n) is 13.9. The highest BCUT2D eigenvalue weighted by molar-refractivity contribution is 7.92. The first-order valence-electron chi connectivity index (χ1n) is 7.86. The van der Waals surface area contributed by atoms with E-state index in [1.165, 1.54) is 0 Å². The van der Waals surface area contributed by atoms with Crippen molar-refractivity contribution in [2.45, 2.75) is 38.5 Å². The van der Waals surface area contributed by atoms with Gasteiger partial charge in [-0.25, -0.2) is 8.42 Å². The van der Waals surface area contributed by atoms with Gasteiger partial charge < -0.3 is 5.32 Å². The topological polar surface area (TPSA) is 58.2 Å². The summed E-state index contributed by atoms with van der Waals surface area (Å²) in [6, 6.07) is 12.7. The fourth-order valence-corrected chi connectivity index (χ4v) is 3.66. The van der Waals surface area contributed by atoms with Crippen LogP contribution in [0.25, 0.3) is 0 Å². The fraction of sp³-hybridized carbons (Fsp3) is 0.333. The molecular weight excluding hydrogens is 308 g/mol. The lowest BCUT2D eigenvalue weighted by Gasteiger charge is -2.12. The molecule has 5 heteroatoms. The van der Waals surface area contributed by atoms with E-state index < -0.39 is 10.0 Å². The van der Waals surface area contributed by atoms with Gasteiger partial charge in [0.2, 0.25) is 0 Å². The Labute approximate surface area is 139 Å². The summed E-state index contributed by atoms with van der Waals surface area (Å²) in [6.45, 7) is 6.75. The largest absolute Gasteiger partial charge is 0.385 e. The molecule has 0 atom stereocenters. The highest BCUT2D eigenvalue weighted by atomic mass is 32.2. The Hall–Kier alpha value is -2.01. The number of rotatable bonds is 7. The molecule has 23 heavy (non-hydrogen) atoms. The average Bonchev–Trinajstić information content (AvgIpc) is 2.51. The number of sulfonamides is 1. The lowest BCUT2D eigenvalue weighted by molar-refractivity contribution is 0.600. The van der Waals surface area contributed by atoms with E-state index in [2.05, 4.69) is 17.0 Å². The Bertz CT molecular complexity index is 753. The Morgan fingerprint density at radius 3 is 2.26 bits per heavy atom. The van der Waals surface area contributed by atoms with E-state index >= 15 is 0 Å². The Kier molecular flexibility index (Phi) is 5.66. The third-order valence-electron chi connectivity index (χ3n) is 3.63. The van der Waals surface area contributed by atoms with Gasteiger partial charge in [0.1, 0.15) is 0 Å². The van der Waals surface area contributed by atoms with E-state index in [-0.39, 0.29) is 0 Å². The molecule has 4 nitrogen and oxygen atoms in total. The van der Waals surface area contributed by atoms with Crippen LogP contribution in [0.15, 0.2) is 47.4 Å². The molecule has 0 aliphatic carbocycles. The summed E-state index contributed by atoms with van der Waals surface area (Å²) in [4.78, 5) is 0.322. The van der Waals surface area contributed by atoms with E-state index in [9.17, 15) is 8.42 Å². The second kappa shape index (κ2) is 7.51. The van der Waals surface area contributed by atoms with Gasteiger partial charge in [-0.15, -0.1) is 0 Å². The van der Waals surface area contributed by atoms with Crippen LogP contribution < -0.4 is 10.0 Å². The molecule has 0 amide bonds. The van der Waals surface area contributed by atoms with Crippen LogP contribution in [0.5, 0.6) is 0 Å². The van der Waals surface area contributed by atoms with Crippen molar-refractivity contribution in [2.75, 3.05) is 16.6 Å². The van der Waals surface area contributed by atoms with Crippen LogP contribution in [-0.4, -0.2) is 15.0 Å². The molecule has 0 aromatic heterocycles. The second-order valence-corrected chi connectivity index (χ2v) is 7.38. The molecule has 0 saturated heterocycles. The Balaban J connectivity index is 2.13. The SMILES string of the molecule is CCCCNc1ccc(NS(=O)(=O)c2cc(C)ccc2C)cc1. The van der Waals surface area contributed by atoms with Crippen molar-refractivity contribution in [1.29, 1.82) is 0 Å². The molecule has 2 aromatic rings. The summed E-state index contributed by atoms with van der Waals surface area (Å²) in [5, 5.41) is 3.31. The van der Waals surface area contributed by atoms with Crippen molar-refractivity contribution in [1.82, 2.24) is 0 Å². The van der Waals surface area contributed by atoms with Crippen molar-refractivity contribution in [2.24, 2.45) is 0 Å². The maximum absolute atomic E-state index is 12.5. The molecule has 0 bridgehead atoms. The predicted molar refractivity (Wildman–Crippen MR) is 96.6 cm³/mol. The standard InChI is InChI=1S/C18H24N2O2S/c1-4-5-12-19-16-8-10-17(11-9-16)20-23(21,22)18-13-14(2)6-7-15(18)3/h6-11,13,19-20H,4-5,12H2,1-3H3. The van der Waals surface area contributed by atoms with E-state index in [0.717, 1.165) is 36.2 Å². The van der Waals surface area contributed by atoms with Crippen LogP contribution in [-0.2, 0) is 10.0 Å². The molecule has 124 valence electrons. The molecular formula is C18H24N2O2S. The van der Waals surface area contributed by atoms with Gasteiger partial charge in [0.25, 0.3) is 10.0 Å². The van der Waals surface area contributed by atoms with E-state index in [1.54, 1.807) is 25.1 Å². The number of anilines is 2. The monoisotopic (exact) mass is 332 g/mol. The first-order chi connectivity index (χ1) is 10.9. The summed E-state index contributed by atoms with van der Waals surface area (Å²) in [5.74, 6) is 0. The van der Waals surface area contributed by atoms with Crippen molar-refractivity contribution in [3.05, 3.63) is 53.6 Å². The van der Waals surface area contributed by atoms with Crippen LogP contribution in [0.3, 0.4) is 0 Å². The van der Waals surface area contributed by atoms with Gasteiger partial charge in [-0.3, -0.25) is 4.72 Å². The second-order valence-electron chi connectivity index (χ2n) is 5.73. The van der Waals surface area contributed by atoms with Gasteiger partial charge in [-0.2, -0.15) is 0 Å². The lowest BCUT2D eigenvalue weighted by Crippen LogP contribution is -2.14. The molecule has 2 rings (SSSR count). The third-order valence-corrected chi connectivity index (χ3v) is 5.15. The van der Waals surface area contributed by atoms with E-state index in [1.807, 2.05) is 31.2 Å². The molecule has 0 aliphatic heterocycles. The minimum Gasteiger partial charge on any atom is -0.385 e. The number of hydrogen-bond donors (Lipinski definition) is 2. The maximum Gasteiger partial charge on any atom is 0.262 e. The summed E-state index contributed by atoms with van der Waals surface area (Å²) in [5.41, 5.74) is 3.22. The van der Waals surface area contributed by atoms with Crippen molar-refractivity contribution in [3.63, 3.8) is 0 Å². The summed E-state index contributed by atoms with van der Waals surface area (Å²) < 4.78 is 27.7. The summed E-state index contributed by atoms with van der Waals surface area (Å²) >= 11 is 0. The van der Waals surface area contributed by atoms with E-state index in [0.29, 0.717) is 10.6 Å². The molecule has 0 heterocycles. The minimum atomic E-state index is -3.57. The molecule has 2 N–H and O–H groups in total. The lowest BCUT2D eigenvalue weighted by atomic mass is 10.2. The van der Waals surface area contributed by atoms with Crippen molar-refractivity contribution < 1.29 is 8.42 Å². The maximum atomic E-state index is 12.5. The van der Waals surface area contributed by atoms with Gasteiger partial charge >= 0.3 is 0 Å².